The maximum Gasteiger partial charge on any atom is 0.278 e. The van der Waals surface area contributed by atoms with Gasteiger partial charge >= 0.3 is 0 Å². The van der Waals surface area contributed by atoms with E-state index in [4.69, 9.17) is 44.3 Å². The summed E-state index contributed by atoms with van der Waals surface area (Å²) in [5.74, 6) is 2.25. The molecule has 3 heterocycles. The highest BCUT2D eigenvalue weighted by molar-refractivity contribution is 6.76. The first-order chi connectivity index (χ1) is 20.5. The second kappa shape index (κ2) is 16.0. The Morgan fingerprint density at radius 2 is 1.40 bits per heavy atom. The van der Waals surface area contributed by atoms with Crippen molar-refractivity contribution in [3.63, 3.8) is 0 Å². The standard InChI is InChI=1S/C15H17ClN2O3.C11H8Cl2O3.C4H10N2/c1-9-7-10(16)12(11(8-9)21-2)13-14(19)17-5-3-4-6-18(17)15(13)20;1-6-3-8(12)10(9(4-6)16-2)7(5-14)11(13)15;1-2-4-6-5-3-1/h7-8,19H,3-6H2,1-2H3;3-4H,1-2H3;5-6H,1-4H2. The number of hydrogen-bond donors (Lipinski definition) is 3. The Morgan fingerprint density at radius 1 is 0.860 bits per heavy atom. The van der Waals surface area contributed by atoms with Gasteiger partial charge in [-0.15, -0.1) is 0 Å². The summed E-state index contributed by atoms with van der Waals surface area (Å²) in [6, 6.07) is 6.83. The van der Waals surface area contributed by atoms with Crippen LogP contribution in [0.2, 0.25) is 10.0 Å². The third-order valence-electron chi connectivity index (χ3n) is 6.81. The summed E-state index contributed by atoms with van der Waals surface area (Å²) in [7, 11) is 2.94. The van der Waals surface area contributed by atoms with Gasteiger partial charge in [0.2, 0.25) is 5.88 Å². The molecule has 10 nitrogen and oxygen atoms in total. The number of carbonyl (C=O) groups excluding carboxylic acids is 2. The molecule has 3 aromatic rings. The number of ether oxygens (including phenoxy) is 2. The fraction of sp³-hybridized carbons (Fsp3) is 0.400. The molecule has 1 fully saturated rings. The number of halogens is 3. The zero-order valence-corrected chi connectivity index (χ0v) is 26.8. The minimum absolute atomic E-state index is 0.0382. The third kappa shape index (κ3) is 8.23. The van der Waals surface area contributed by atoms with Crippen LogP contribution in [-0.4, -0.2) is 53.0 Å². The van der Waals surface area contributed by atoms with E-state index in [1.165, 1.54) is 33.0 Å². The van der Waals surface area contributed by atoms with Crippen molar-refractivity contribution >= 4 is 51.6 Å². The number of allylic oxidation sites excluding steroid dienone is 1. The van der Waals surface area contributed by atoms with Crippen LogP contribution in [0.5, 0.6) is 17.4 Å². The number of carbonyl (C=O) groups is 1. The van der Waals surface area contributed by atoms with Crippen LogP contribution in [-0.2, 0) is 22.7 Å². The van der Waals surface area contributed by atoms with Gasteiger partial charge in [-0.05, 0) is 86.5 Å². The number of aryl methyl sites for hydroxylation is 2. The van der Waals surface area contributed by atoms with Crippen LogP contribution in [0.4, 0.5) is 0 Å². The Hall–Kier alpha value is -3.24. The van der Waals surface area contributed by atoms with E-state index in [0.29, 0.717) is 35.2 Å². The predicted octanol–water partition coefficient (Wildman–Crippen LogP) is 5.30. The second-order valence-corrected chi connectivity index (χ2v) is 11.1. The van der Waals surface area contributed by atoms with Crippen LogP contribution in [0.25, 0.3) is 16.7 Å². The lowest BCUT2D eigenvalue weighted by Crippen LogP contribution is -2.37. The van der Waals surface area contributed by atoms with Gasteiger partial charge in [0.15, 0.2) is 0 Å². The fourth-order valence-electron chi connectivity index (χ4n) is 4.79. The summed E-state index contributed by atoms with van der Waals surface area (Å²) < 4.78 is 13.6. The van der Waals surface area contributed by atoms with E-state index in [9.17, 15) is 19.5 Å². The van der Waals surface area contributed by atoms with Crippen LogP contribution in [0.1, 0.15) is 42.4 Å². The van der Waals surface area contributed by atoms with Gasteiger partial charge in [0.05, 0.1) is 35.4 Å². The number of benzene rings is 2. The smallest absolute Gasteiger partial charge is 0.278 e. The highest BCUT2D eigenvalue weighted by atomic mass is 35.5. The zero-order chi connectivity index (χ0) is 31.7. The molecule has 1 aromatic heterocycles. The Kier molecular flexibility index (Phi) is 12.7. The molecule has 1 saturated heterocycles. The Bertz CT molecular complexity index is 1560. The molecule has 0 atom stereocenters. The van der Waals surface area contributed by atoms with Crippen LogP contribution in [0, 0.1) is 13.8 Å². The van der Waals surface area contributed by atoms with Crippen molar-refractivity contribution in [3.05, 3.63) is 61.4 Å². The van der Waals surface area contributed by atoms with Crippen LogP contribution >= 0.6 is 34.8 Å². The monoisotopic (exact) mass is 652 g/mol. The number of nitrogens with zero attached hydrogens (tertiary/aromatic N) is 2. The molecule has 2 aromatic carbocycles. The maximum absolute atomic E-state index is 12.6. The third-order valence-corrected chi connectivity index (χ3v) is 7.60. The lowest BCUT2D eigenvalue weighted by Gasteiger charge is -2.16. The molecule has 232 valence electrons. The minimum Gasteiger partial charge on any atom is -0.496 e. The SMILES string of the molecule is C1CCNNC1.COc1cc(C)cc(Cl)c1-c1c(O)n2n(c1=O)CCCC2.COc1cc(C)cc(Cl)c1C(=C=O)C(=O)Cl. The number of rotatable bonds is 5. The molecule has 0 amide bonds. The van der Waals surface area contributed by atoms with Gasteiger partial charge in [-0.25, -0.2) is 9.48 Å². The van der Waals surface area contributed by atoms with E-state index < -0.39 is 5.24 Å². The first kappa shape index (κ1) is 34.3. The van der Waals surface area contributed by atoms with Crippen molar-refractivity contribution in [1.82, 2.24) is 20.2 Å². The molecule has 0 radical (unpaired) electrons. The predicted molar refractivity (Wildman–Crippen MR) is 169 cm³/mol. The van der Waals surface area contributed by atoms with Gasteiger partial charge in [-0.1, -0.05) is 23.2 Å². The van der Waals surface area contributed by atoms with E-state index in [1.54, 1.807) is 33.6 Å². The van der Waals surface area contributed by atoms with Crippen molar-refractivity contribution in [2.75, 3.05) is 27.3 Å². The quantitative estimate of drug-likeness (QED) is 0.193. The van der Waals surface area contributed by atoms with Crippen LogP contribution in [0.3, 0.4) is 0 Å². The average Bonchev–Trinajstić information content (AvgIpc) is 3.24. The molecule has 3 N–H and O–H groups in total. The van der Waals surface area contributed by atoms with Gasteiger partial charge in [0, 0.05) is 26.2 Å². The minimum atomic E-state index is -0.918. The number of aromatic nitrogens is 2. The van der Waals surface area contributed by atoms with Crippen molar-refractivity contribution in [3.8, 4) is 28.5 Å². The Labute approximate surface area is 265 Å². The molecule has 5 rings (SSSR count). The molecule has 0 unspecified atom stereocenters. The molecular formula is C30H35Cl3N4O6. The van der Waals surface area contributed by atoms with Gasteiger partial charge in [-0.3, -0.25) is 25.1 Å². The lowest BCUT2D eigenvalue weighted by atomic mass is 10.0. The molecule has 0 spiro atoms. The van der Waals surface area contributed by atoms with Crippen molar-refractivity contribution < 1.29 is 24.2 Å². The van der Waals surface area contributed by atoms with Crippen LogP contribution in [0.15, 0.2) is 29.1 Å². The largest absolute Gasteiger partial charge is 0.496 e. The average molecular weight is 654 g/mol. The molecule has 43 heavy (non-hydrogen) atoms. The van der Waals surface area contributed by atoms with Gasteiger partial charge in [0.1, 0.15) is 28.6 Å². The molecule has 0 aliphatic carbocycles. The molecular weight excluding hydrogens is 619 g/mol. The first-order valence-corrected chi connectivity index (χ1v) is 14.8. The molecule has 13 heteroatoms. The second-order valence-electron chi connectivity index (χ2n) is 9.92. The highest BCUT2D eigenvalue weighted by Crippen LogP contribution is 2.40. The van der Waals surface area contributed by atoms with Gasteiger partial charge in [-0.2, -0.15) is 0 Å². The molecule has 0 bridgehead atoms. The topological polar surface area (TPSA) is 124 Å². The van der Waals surface area contributed by atoms with Crippen molar-refractivity contribution in [1.29, 1.82) is 0 Å². The van der Waals surface area contributed by atoms with E-state index in [-0.39, 0.29) is 33.2 Å². The van der Waals surface area contributed by atoms with Crippen molar-refractivity contribution in [2.45, 2.75) is 52.6 Å². The molecule has 0 saturated carbocycles. The van der Waals surface area contributed by atoms with E-state index in [0.717, 1.165) is 37.1 Å². The maximum atomic E-state index is 12.6. The van der Waals surface area contributed by atoms with Gasteiger partial charge < -0.3 is 14.6 Å². The Morgan fingerprint density at radius 3 is 1.86 bits per heavy atom. The molecule has 2 aliphatic rings. The lowest BCUT2D eigenvalue weighted by molar-refractivity contribution is -0.106. The summed E-state index contributed by atoms with van der Waals surface area (Å²) in [5, 5.41) is 10.2. The fourth-order valence-corrected chi connectivity index (χ4v) is 5.64. The normalized spacial score (nSPS) is 13.7. The zero-order valence-electron chi connectivity index (χ0n) is 24.5. The number of methoxy groups -OCH3 is 2. The summed E-state index contributed by atoms with van der Waals surface area (Å²) in [4.78, 5) is 34.3. The van der Waals surface area contributed by atoms with Crippen molar-refractivity contribution in [2.24, 2.45) is 0 Å². The number of hydrogen-bond acceptors (Lipinski definition) is 8. The van der Waals surface area contributed by atoms with E-state index in [2.05, 4.69) is 10.9 Å². The number of hydrazine groups is 1. The van der Waals surface area contributed by atoms with Crippen LogP contribution < -0.4 is 25.9 Å². The summed E-state index contributed by atoms with van der Waals surface area (Å²) in [5.41, 5.74) is 8.15. The number of nitrogens with one attached hydrogen (secondary N) is 2. The molecule has 2 aliphatic heterocycles. The summed E-state index contributed by atoms with van der Waals surface area (Å²) >= 11 is 17.5. The first-order valence-electron chi connectivity index (χ1n) is 13.7. The summed E-state index contributed by atoms with van der Waals surface area (Å²) in [6.45, 7) is 7.23. The Balaban J connectivity index is 0.000000203. The van der Waals surface area contributed by atoms with E-state index >= 15 is 0 Å². The highest BCUT2D eigenvalue weighted by Gasteiger charge is 2.27. The van der Waals surface area contributed by atoms with Gasteiger partial charge in [0.25, 0.3) is 10.8 Å². The van der Waals surface area contributed by atoms with E-state index in [1.807, 2.05) is 13.8 Å². The summed E-state index contributed by atoms with van der Waals surface area (Å²) in [6.07, 6.45) is 4.53. The number of fused-ring (bicyclic) bond motifs is 1. The number of aromatic hydroxyl groups is 1.